The Morgan fingerprint density at radius 3 is 2.39 bits per heavy atom. The van der Waals surface area contributed by atoms with Crippen LogP contribution in [0, 0.1) is 5.82 Å². The first-order chi connectivity index (χ1) is 14.8. The van der Waals surface area contributed by atoms with Crippen LogP contribution >= 0.6 is 0 Å². The van der Waals surface area contributed by atoms with Crippen LogP contribution < -0.4 is 14.8 Å². The van der Waals surface area contributed by atoms with Gasteiger partial charge in [0.05, 0.1) is 26.2 Å². The van der Waals surface area contributed by atoms with Crippen LogP contribution in [-0.2, 0) is 4.79 Å². The van der Waals surface area contributed by atoms with Gasteiger partial charge in [0.1, 0.15) is 5.82 Å². The van der Waals surface area contributed by atoms with Crippen molar-refractivity contribution in [3.63, 3.8) is 0 Å². The van der Waals surface area contributed by atoms with Gasteiger partial charge in [0.25, 0.3) is 5.91 Å². The zero-order valence-corrected chi connectivity index (χ0v) is 18.4. The maximum atomic E-state index is 14.8. The van der Waals surface area contributed by atoms with E-state index in [9.17, 15) is 14.0 Å². The first kappa shape index (κ1) is 22.6. The van der Waals surface area contributed by atoms with Crippen molar-refractivity contribution in [3.8, 4) is 11.5 Å². The molecule has 1 heterocycles. The van der Waals surface area contributed by atoms with Gasteiger partial charge in [-0.05, 0) is 37.9 Å². The monoisotopic (exact) mass is 429 g/mol. The molecule has 0 bridgehead atoms. The van der Waals surface area contributed by atoms with Crippen LogP contribution in [0.15, 0.2) is 36.4 Å². The van der Waals surface area contributed by atoms with E-state index in [2.05, 4.69) is 5.32 Å². The third-order valence-corrected chi connectivity index (χ3v) is 5.54. The first-order valence-electron chi connectivity index (χ1n) is 10.00. The van der Waals surface area contributed by atoms with Gasteiger partial charge in [-0.15, -0.1) is 0 Å². The summed E-state index contributed by atoms with van der Waals surface area (Å²) in [6, 6.07) is 8.63. The Morgan fingerprint density at radius 1 is 1.13 bits per heavy atom. The topological polar surface area (TPSA) is 71.1 Å². The van der Waals surface area contributed by atoms with Crippen LogP contribution in [0.5, 0.6) is 11.5 Å². The molecule has 2 aromatic carbocycles. The molecule has 2 aromatic rings. The summed E-state index contributed by atoms with van der Waals surface area (Å²) in [5.74, 6) is -1.11. The molecule has 1 aliphatic rings. The molecule has 0 aromatic heterocycles. The second-order valence-corrected chi connectivity index (χ2v) is 7.75. The third kappa shape index (κ3) is 4.34. The SMILES string of the molecule is COc1cc2c(cc1OC)[C@@H](C(=O)NCCN(C)C)[C@H](c1ccccc1F)N(C)C2=O. The Balaban J connectivity index is 2.16. The number of benzene rings is 2. The molecule has 0 spiro atoms. The quantitative estimate of drug-likeness (QED) is 0.732. The number of carbonyl (C=O) groups excluding carboxylic acids is 2. The van der Waals surface area contributed by atoms with E-state index in [1.165, 1.54) is 25.2 Å². The molecule has 1 aliphatic heterocycles. The van der Waals surface area contributed by atoms with E-state index < -0.39 is 17.8 Å². The maximum absolute atomic E-state index is 14.8. The second kappa shape index (κ2) is 9.34. The maximum Gasteiger partial charge on any atom is 0.254 e. The fraction of sp³-hybridized carbons (Fsp3) is 0.391. The van der Waals surface area contributed by atoms with Crippen molar-refractivity contribution in [2.45, 2.75) is 12.0 Å². The molecule has 31 heavy (non-hydrogen) atoms. The highest BCUT2D eigenvalue weighted by atomic mass is 19.1. The summed E-state index contributed by atoms with van der Waals surface area (Å²) in [5.41, 5.74) is 1.10. The highest BCUT2D eigenvalue weighted by molar-refractivity contribution is 6.02. The number of carbonyl (C=O) groups is 2. The van der Waals surface area contributed by atoms with Crippen molar-refractivity contribution >= 4 is 11.8 Å². The highest BCUT2D eigenvalue weighted by Crippen LogP contribution is 2.46. The number of fused-ring (bicyclic) bond motifs is 1. The minimum atomic E-state index is -0.823. The molecule has 3 rings (SSSR count). The predicted octanol–water partition coefficient (Wildman–Crippen LogP) is 2.43. The summed E-state index contributed by atoms with van der Waals surface area (Å²) >= 11 is 0. The van der Waals surface area contributed by atoms with Crippen LogP contribution in [0.3, 0.4) is 0 Å². The van der Waals surface area contributed by atoms with E-state index in [4.69, 9.17) is 9.47 Å². The number of nitrogens with one attached hydrogen (secondary N) is 1. The van der Waals surface area contributed by atoms with E-state index in [0.29, 0.717) is 35.7 Å². The van der Waals surface area contributed by atoms with Gasteiger partial charge in [-0.25, -0.2) is 4.39 Å². The van der Waals surface area contributed by atoms with E-state index in [1.807, 2.05) is 19.0 Å². The number of hydrogen-bond acceptors (Lipinski definition) is 5. The molecule has 0 fully saturated rings. The molecule has 166 valence electrons. The number of nitrogens with zero attached hydrogens (tertiary/aromatic N) is 2. The molecule has 2 amide bonds. The van der Waals surface area contributed by atoms with Crippen LogP contribution in [-0.4, -0.2) is 70.1 Å². The lowest BCUT2D eigenvalue weighted by atomic mass is 9.79. The van der Waals surface area contributed by atoms with Gasteiger partial charge < -0.3 is 24.6 Å². The van der Waals surface area contributed by atoms with Gasteiger partial charge in [0.15, 0.2) is 11.5 Å². The molecule has 0 saturated heterocycles. The Kier molecular flexibility index (Phi) is 6.80. The summed E-state index contributed by atoms with van der Waals surface area (Å²) in [6.45, 7) is 1.07. The summed E-state index contributed by atoms with van der Waals surface area (Å²) in [4.78, 5) is 30.0. The predicted molar refractivity (Wildman–Crippen MR) is 115 cm³/mol. The molecule has 7 nitrogen and oxygen atoms in total. The summed E-state index contributed by atoms with van der Waals surface area (Å²) in [5, 5.41) is 2.93. The van der Waals surface area contributed by atoms with Crippen LogP contribution in [0.25, 0.3) is 0 Å². The summed E-state index contributed by atoms with van der Waals surface area (Å²) < 4.78 is 25.5. The number of amides is 2. The van der Waals surface area contributed by atoms with Crippen molar-refractivity contribution in [2.24, 2.45) is 0 Å². The normalized spacial score (nSPS) is 18.0. The summed E-state index contributed by atoms with van der Waals surface area (Å²) in [6.07, 6.45) is 0. The molecular weight excluding hydrogens is 401 g/mol. The minimum Gasteiger partial charge on any atom is -0.493 e. The van der Waals surface area contributed by atoms with E-state index in [0.717, 1.165) is 0 Å². The lowest BCUT2D eigenvalue weighted by Crippen LogP contribution is -2.46. The second-order valence-electron chi connectivity index (χ2n) is 7.75. The number of likely N-dealkylation sites (N-methyl/N-ethyl adjacent to an activating group) is 2. The van der Waals surface area contributed by atoms with Crippen molar-refractivity contribution in [3.05, 3.63) is 58.9 Å². The third-order valence-electron chi connectivity index (χ3n) is 5.54. The smallest absolute Gasteiger partial charge is 0.254 e. The average molecular weight is 429 g/mol. The Hall–Kier alpha value is -3.13. The Morgan fingerprint density at radius 2 is 1.77 bits per heavy atom. The lowest BCUT2D eigenvalue weighted by molar-refractivity contribution is -0.124. The number of methoxy groups -OCH3 is 2. The van der Waals surface area contributed by atoms with Gasteiger partial charge in [-0.3, -0.25) is 9.59 Å². The van der Waals surface area contributed by atoms with Gasteiger partial charge in [0.2, 0.25) is 5.91 Å². The molecule has 0 aliphatic carbocycles. The van der Waals surface area contributed by atoms with Gasteiger partial charge >= 0.3 is 0 Å². The largest absolute Gasteiger partial charge is 0.493 e. The van der Waals surface area contributed by atoms with Gasteiger partial charge in [-0.1, -0.05) is 18.2 Å². The van der Waals surface area contributed by atoms with Gasteiger partial charge in [0, 0.05) is 31.3 Å². The van der Waals surface area contributed by atoms with E-state index in [1.54, 1.807) is 37.4 Å². The number of halogens is 1. The Bertz CT molecular complexity index is 979. The minimum absolute atomic E-state index is 0.284. The molecule has 8 heteroatoms. The van der Waals surface area contributed by atoms with E-state index >= 15 is 0 Å². The highest BCUT2D eigenvalue weighted by Gasteiger charge is 2.44. The number of ether oxygens (including phenoxy) is 2. The molecule has 0 saturated carbocycles. The summed E-state index contributed by atoms with van der Waals surface area (Å²) in [7, 11) is 8.37. The van der Waals surface area contributed by atoms with Crippen molar-refractivity contribution in [1.29, 1.82) is 0 Å². The molecule has 1 N–H and O–H groups in total. The fourth-order valence-electron chi connectivity index (χ4n) is 3.95. The van der Waals surface area contributed by atoms with E-state index in [-0.39, 0.29) is 17.4 Å². The van der Waals surface area contributed by atoms with Crippen LogP contribution in [0.4, 0.5) is 4.39 Å². The Labute approximate surface area is 181 Å². The van der Waals surface area contributed by atoms with Gasteiger partial charge in [-0.2, -0.15) is 0 Å². The standard InChI is InChI=1S/C23H28FN3O4/c1-26(2)11-10-25-22(28)20-15-12-18(30-4)19(31-5)13-16(15)23(29)27(3)21(20)14-8-6-7-9-17(14)24/h6-9,12-13,20-21H,10-11H2,1-5H3,(H,25,28)/t20-,21+/m1/s1. The number of hydrogen-bond donors (Lipinski definition) is 1. The lowest BCUT2D eigenvalue weighted by Gasteiger charge is -2.40. The zero-order valence-electron chi connectivity index (χ0n) is 18.4. The van der Waals surface area contributed by atoms with Crippen molar-refractivity contribution in [2.75, 3.05) is 48.5 Å². The number of rotatable bonds is 7. The van der Waals surface area contributed by atoms with Crippen LogP contribution in [0.1, 0.15) is 33.4 Å². The molecule has 2 atom stereocenters. The fourth-order valence-corrected chi connectivity index (χ4v) is 3.95. The van der Waals surface area contributed by atoms with Crippen molar-refractivity contribution in [1.82, 2.24) is 15.1 Å². The van der Waals surface area contributed by atoms with Crippen LogP contribution in [0.2, 0.25) is 0 Å². The van der Waals surface area contributed by atoms with Crippen molar-refractivity contribution < 1.29 is 23.5 Å². The molecule has 0 unspecified atom stereocenters. The first-order valence-corrected chi connectivity index (χ1v) is 10.00. The average Bonchev–Trinajstić information content (AvgIpc) is 2.75. The molecule has 0 radical (unpaired) electrons. The zero-order chi connectivity index (χ0) is 22.7. The molecular formula is C23H28FN3O4.